The van der Waals surface area contributed by atoms with Crippen LogP contribution in [0.2, 0.25) is 0 Å². The molecule has 0 saturated carbocycles. The number of carbonyl (C=O) groups excluding carboxylic acids is 1. The molecule has 1 heterocycles. The molecule has 14 heavy (non-hydrogen) atoms. The molecule has 1 aromatic heterocycles. The maximum Gasteiger partial charge on any atom is 0.269 e. The van der Waals surface area contributed by atoms with Gasteiger partial charge in [0.05, 0.1) is 0 Å². The molecule has 0 atom stereocenters. The predicted octanol–water partition coefficient (Wildman–Crippen LogP) is 1.26. The fourth-order valence-electron chi connectivity index (χ4n) is 1.04. The molecule has 0 aliphatic heterocycles. The summed E-state index contributed by atoms with van der Waals surface area (Å²) in [6, 6.07) is 5.35. The first-order chi connectivity index (χ1) is 6.77. The molecule has 0 saturated heterocycles. The fraction of sp³-hybridized carbons (Fsp3) is 0.400. The van der Waals surface area contributed by atoms with E-state index >= 15 is 0 Å². The van der Waals surface area contributed by atoms with Gasteiger partial charge in [-0.15, -0.1) is 0 Å². The van der Waals surface area contributed by atoms with E-state index < -0.39 is 0 Å². The molecule has 1 rings (SSSR count). The number of anilines is 1. The quantitative estimate of drug-likeness (QED) is 0.757. The third-order valence-corrected chi connectivity index (χ3v) is 1.76. The maximum absolute atomic E-state index is 11.2. The van der Waals surface area contributed by atoms with Gasteiger partial charge in [-0.3, -0.25) is 4.79 Å². The first kappa shape index (κ1) is 10.5. The number of nitrogens with zero attached hydrogens (tertiary/aromatic N) is 1. The van der Waals surface area contributed by atoms with Crippen molar-refractivity contribution in [1.29, 1.82) is 0 Å². The molecule has 0 aromatic carbocycles. The zero-order valence-electron chi connectivity index (χ0n) is 8.50. The van der Waals surface area contributed by atoms with Crippen molar-refractivity contribution in [2.75, 3.05) is 18.9 Å². The van der Waals surface area contributed by atoms with E-state index in [4.69, 9.17) is 0 Å². The van der Waals surface area contributed by atoms with Crippen LogP contribution < -0.4 is 10.6 Å². The van der Waals surface area contributed by atoms with E-state index in [1.54, 1.807) is 13.1 Å². The van der Waals surface area contributed by atoms with Crippen LogP contribution in [0.3, 0.4) is 0 Å². The summed E-state index contributed by atoms with van der Waals surface area (Å²) in [5, 5.41) is 5.66. The molecule has 4 heteroatoms. The minimum Gasteiger partial charge on any atom is -0.370 e. The normalized spacial score (nSPS) is 9.57. The number of hydrogen-bond donors (Lipinski definition) is 2. The fourth-order valence-corrected chi connectivity index (χ4v) is 1.04. The van der Waals surface area contributed by atoms with Crippen LogP contribution in [-0.4, -0.2) is 24.5 Å². The Hall–Kier alpha value is -1.58. The monoisotopic (exact) mass is 193 g/mol. The molecular formula is C10H15N3O. The summed E-state index contributed by atoms with van der Waals surface area (Å²) in [4.78, 5) is 15.4. The molecule has 0 fully saturated rings. The highest BCUT2D eigenvalue weighted by Crippen LogP contribution is 2.04. The summed E-state index contributed by atoms with van der Waals surface area (Å²) >= 11 is 0. The number of pyridine rings is 1. The third-order valence-electron chi connectivity index (χ3n) is 1.76. The second-order valence-corrected chi connectivity index (χ2v) is 2.91. The van der Waals surface area contributed by atoms with Crippen molar-refractivity contribution < 1.29 is 4.79 Å². The lowest BCUT2D eigenvalue weighted by Gasteiger charge is -2.04. The lowest BCUT2D eigenvalue weighted by Crippen LogP contribution is -2.19. The van der Waals surface area contributed by atoms with Crippen LogP contribution in [0.25, 0.3) is 0 Å². The highest BCUT2D eigenvalue weighted by molar-refractivity contribution is 5.92. The molecule has 4 nitrogen and oxygen atoms in total. The first-order valence-corrected chi connectivity index (χ1v) is 4.71. The van der Waals surface area contributed by atoms with E-state index in [1.807, 2.05) is 12.1 Å². The average molecular weight is 193 g/mol. The lowest BCUT2D eigenvalue weighted by molar-refractivity contribution is 0.0958. The van der Waals surface area contributed by atoms with Crippen molar-refractivity contribution in [1.82, 2.24) is 10.3 Å². The van der Waals surface area contributed by atoms with E-state index in [2.05, 4.69) is 22.5 Å². The van der Waals surface area contributed by atoms with E-state index in [0.29, 0.717) is 5.69 Å². The van der Waals surface area contributed by atoms with Crippen molar-refractivity contribution in [3.05, 3.63) is 23.9 Å². The molecule has 0 unspecified atom stereocenters. The van der Waals surface area contributed by atoms with Crippen LogP contribution in [-0.2, 0) is 0 Å². The Bertz CT molecular complexity index is 312. The van der Waals surface area contributed by atoms with Gasteiger partial charge in [-0.1, -0.05) is 13.0 Å². The van der Waals surface area contributed by atoms with Gasteiger partial charge in [0.1, 0.15) is 11.5 Å². The third kappa shape index (κ3) is 2.73. The van der Waals surface area contributed by atoms with E-state index in [9.17, 15) is 4.79 Å². The molecule has 0 spiro atoms. The Kier molecular flexibility index (Phi) is 3.91. The summed E-state index contributed by atoms with van der Waals surface area (Å²) in [5.41, 5.74) is 0.439. The van der Waals surface area contributed by atoms with Gasteiger partial charge >= 0.3 is 0 Å². The van der Waals surface area contributed by atoms with Gasteiger partial charge in [0, 0.05) is 13.6 Å². The largest absolute Gasteiger partial charge is 0.370 e. The molecule has 1 aromatic rings. The van der Waals surface area contributed by atoms with Gasteiger partial charge < -0.3 is 10.6 Å². The summed E-state index contributed by atoms with van der Waals surface area (Å²) in [6.45, 7) is 2.94. The predicted molar refractivity (Wildman–Crippen MR) is 56.4 cm³/mol. The Balaban J connectivity index is 2.73. The van der Waals surface area contributed by atoms with Crippen LogP contribution in [0.5, 0.6) is 0 Å². The van der Waals surface area contributed by atoms with E-state index in [0.717, 1.165) is 18.8 Å². The highest BCUT2D eigenvalue weighted by Gasteiger charge is 2.04. The summed E-state index contributed by atoms with van der Waals surface area (Å²) in [6.07, 6.45) is 1.03. The van der Waals surface area contributed by atoms with Crippen LogP contribution in [0.4, 0.5) is 5.82 Å². The smallest absolute Gasteiger partial charge is 0.269 e. The number of nitrogens with one attached hydrogen (secondary N) is 2. The van der Waals surface area contributed by atoms with Crippen molar-refractivity contribution >= 4 is 11.7 Å². The Morgan fingerprint density at radius 2 is 2.29 bits per heavy atom. The number of amides is 1. The molecule has 76 valence electrons. The van der Waals surface area contributed by atoms with Crippen LogP contribution in [0, 0.1) is 0 Å². The van der Waals surface area contributed by atoms with Crippen molar-refractivity contribution in [2.24, 2.45) is 0 Å². The molecule has 0 bridgehead atoms. The SMILES string of the molecule is CCCNc1cccc(C(=O)NC)n1. The second-order valence-electron chi connectivity index (χ2n) is 2.91. The average Bonchev–Trinajstić information content (AvgIpc) is 2.25. The van der Waals surface area contributed by atoms with Gasteiger partial charge in [-0.25, -0.2) is 4.98 Å². The minimum absolute atomic E-state index is 0.162. The zero-order chi connectivity index (χ0) is 10.4. The topological polar surface area (TPSA) is 54.0 Å². The van der Waals surface area contributed by atoms with Gasteiger partial charge in [0.25, 0.3) is 5.91 Å². The number of aromatic nitrogens is 1. The zero-order valence-corrected chi connectivity index (χ0v) is 8.50. The highest BCUT2D eigenvalue weighted by atomic mass is 16.1. The number of carbonyl (C=O) groups is 1. The van der Waals surface area contributed by atoms with Gasteiger partial charge in [0.15, 0.2) is 0 Å². The molecule has 0 radical (unpaired) electrons. The Morgan fingerprint density at radius 1 is 1.50 bits per heavy atom. The van der Waals surface area contributed by atoms with Gasteiger partial charge in [0.2, 0.25) is 0 Å². The first-order valence-electron chi connectivity index (χ1n) is 4.71. The van der Waals surface area contributed by atoms with Crippen molar-refractivity contribution in [3.63, 3.8) is 0 Å². The lowest BCUT2D eigenvalue weighted by atomic mass is 10.3. The van der Waals surface area contributed by atoms with Gasteiger partial charge in [-0.05, 0) is 18.6 Å². The molecule has 0 aliphatic rings. The number of rotatable bonds is 4. The summed E-state index contributed by atoms with van der Waals surface area (Å²) in [7, 11) is 1.59. The minimum atomic E-state index is -0.162. The van der Waals surface area contributed by atoms with Crippen LogP contribution >= 0.6 is 0 Å². The summed E-state index contributed by atoms with van der Waals surface area (Å²) < 4.78 is 0. The van der Waals surface area contributed by atoms with Crippen molar-refractivity contribution in [3.8, 4) is 0 Å². The molecule has 0 aliphatic carbocycles. The number of hydrogen-bond acceptors (Lipinski definition) is 3. The second kappa shape index (κ2) is 5.21. The summed E-state index contributed by atoms with van der Waals surface area (Å²) in [5.74, 6) is 0.582. The molecule has 2 N–H and O–H groups in total. The molecule has 1 amide bonds. The van der Waals surface area contributed by atoms with Crippen LogP contribution in [0.15, 0.2) is 18.2 Å². The molecular weight excluding hydrogens is 178 g/mol. The Morgan fingerprint density at radius 3 is 2.93 bits per heavy atom. The van der Waals surface area contributed by atoms with Crippen molar-refractivity contribution in [2.45, 2.75) is 13.3 Å². The van der Waals surface area contributed by atoms with E-state index in [-0.39, 0.29) is 5.91 Å². The maximum atomic E-state index is 11.2. The van der Waals surface area contributed by atoms with Crippen LogP contribution in [0.1, 0.15) is 23.8 Å². The standard InChI is InChI=1S/C10H15N3O/c1-3-7-12-9-6-4-5-8(13-9)10(14)11-2/h4-6H,3,7H2,1-2H3,(H,11,14)(H,12,13). The van der Waals surface area contributed by atoms with E-state index in [1.165, 1.54) is 0 Å². The van der Waals surface area contributed by atoms with Gasteiger partial charge in [-0.2, -0.15) is 0 Å². The Labute approximate surface area is 83.7 Å².